The third kappa shape index (κ3) is 2.54. The zero-order chi connectivity index (χ0) is 14.8. The number of ether oxygens (including phenoxy) is 1. The van der Waals surface area contributed by atoms with Gasteiger partial charge in [0, 0.05) is 11.1 Å². The molecule has 0 aliphatic carbocycles. The molecule has 4 heteroatoms. The van der Waals surface area contributed by atoms with Crippen LogP contribution in [-0.4, -0.2) is 4.98 Å². The maximum atomic E-state index is 13.9. The fourth-order valence-corrected chi connectivity index (χ4v) is 2.07. The van der Waals surface area contributed by atoms with Gasteiger partial charge in [-0.25, -0.2) is 9.37 Å². The molecule has 0 saturated carbocycles. The van der Waals surface area contributed by atoms with E-state index in [0.29, 0.717) is 11.3 Å². The Morgan fingerprint density at radius 1 is 1.10 bits per heavy atom. The first-order valence-corrected chi connectivity index (χ1v) is 6.41. The summed E-state index contributed by atoms with van der Waals surface area (Å²) in [6.07, 6.45) is 0. The van der Waals surface area contributed by atoms with Gasteiger partial charge in [0.15, 0.2) is 17.3 Å². The van der Waals surface area contributed by atoms with Crippen molar-refractivity contribution >= 4 is 10.9 Å². The normalized spacial score (nSPS) is 10.3. The van der Waals surface area contributed by atoms with Crippen LogP contribution >= 0.6 is 0 Å². The number of aromatic nitrogens is 1. The third-order valence-electron chi connectivity index (χ3n) is 3.10. The number of nitrogens with zero attached hydrogens (tertiary/aromatic N) is 2. The van der Waals surface area contributed by atoms with Crippen molar-refractivity contribution in [3.63, 3.8) is 0 Å². The molecule has 0 aliphatic heterocycles. The highest BCUT2D eigenvalue weighted by molar-refractivity contribution is 5.84. The van der Waals surface area contributed by atoms with E-state index in [1.165, 1.54) is 12.1 Å². The van der Waals surface area contributed by atoms with Crippen molar-refractivity contribution in [3.05, 3.63) is 65.6 Å². The van der Waals surface area contributed by atoms with Crippen molar-refractivity contribution in [3.8, 4) is 17.6 Å². The highest BCUT2D eigenvalue weighted by atomic mass is 19.1. The summed E-state index contributed by atoms with van der Waals surface area (Å²) in [5, 5.41) is 9.67. The van der Waals surface area contributed by atoms with Crippen molar-refractivity contribution in [2.75, 3.05) is 0 Å². The third-order valence-corrected chi connectivity index (χ3v) is 3.10. The van der Waals surface area contributed by atoms with E-state index in [0.717, 1.165) is 17.1 Å². The number of benzene rings is 2. The quantitative estimate of drug-likeness (QED) is 0.700. The largest absolute Gasteiger partial charge is 0.452 e. The molecule has 0 radical (unpaired) electrons. The minimum absolute atomic E-state index is 0.0739. The smallest absolute Gasteiger partial charge is 0.167 e. The first kappa shape index (κ1) is 13.1. The summed E-state index contributed by atoms with van der Waals surface area (Å²) >= 11 is 0. The Morgan fingerprint density at radius 3 is 2.71 bits per heavy atom. The van der Waals surface area contributed by atoms with Crippen LogP contribution in [0.2, 0.25) is 0 Å². The molecule has 0 atom stereocenters. The van der Waals surface area contributed by atoms with Crippen LogP contribution in [-0.2, 0) is 0 Å². The molecule has 0 saturated heterocycles. The van der Waals surface area contributed by atoms with Crippen LogP contribution in [0.1, 0.15) is 11.3 Å². The van der Waals surface area contributed by atoms with Crippen LogP contribution < -0.4 is 4.74 Å². The topological polar surface area (TPSA) is 45.9 Å². The fraction of sp³-hybridized carbons (Fsp3) is 0.0588. The molecule has 21 heavy (non-hydrogen) atoms. The highest BCUT2D eigenvalue weighted by Gasteiger charge is 2.09. The van der Waals surface area contributed by atoms with Crippen LogP contribution in [0.5, 0.6) is 11.5 Å². The maximum Gasteiger partial charge on any atom is 0.167 e. The predicted molar refractivity (Wildman–Crippen MR) is 77.7 cm³/mol. The van der Waals surface area contributed by atoms with Crippen molar-refractivity contribution < 1.29 is 9.13 Å². The van der Waals surface area contributed by atoms with Crippen molar-refractivity contribution in [2.24, 2.45) is 0 Å². The number of fused-ring (bicyclic) bond motifs is 1. The first-order valence-electron chi connectivity index (χ1n) is 6.41. The number of nitriles is 1. The summed E-state index contributed by atoms with van der Waals surface area (Å²) in [5.74, 6) is -0.0108. The summed E-state index contributed by atoms with van der Waals surface area (Å²) in [7, 11) is 0. The van der Waals surface area contributed by atoms with Crippen LogP contribution in [0.4, 0.5) is 4.39 Å². The monoisotopic (exact) mass is 278 g/mol. The summed E-state index contributed by atoms with van der Waals surface area (Å²) in [5.41, 5.74) is 1.80. The summed E-state index contributed by atoms with van der Waals surface area (Å²) in [4.78, 5) is 4.44. The van der Waals surface area contributed by atoms with Gasteiger partial charge in [0.05, 0.1) is 11.6 Å². The van der Waals surface area contributed by atoms with Gasteiger partial charge in [-0.2, -0.15) is 5.26 Å². The maximum absolute atomic E-state index is 13.9. The Hall–Kier alpha value is -2.93. The summed E-state index contributed by atoms with van der Waals surface area (Å²) in [6, 6.07) is 15.4. The second kappa shape index (κ2) is 5.22. The molecular weight excluding hydrogens is 267 g/mol. The fourth-order valence-electron chi connectivity index (χ4n) is 2.07. The number of aryl methyl sites for hydroxylation is 1. The highest BCUT2D eigenvalue weighted by Crippen LogP contribution is 2.30. The summed E-state index contributed by atoms with van der Waals surface area (Å²) in [6.45, 7) is 1.89. The van der Waals surface area contributed by atoms with E-state index < -0.39 is 5.82 Å². The van der Waals surface area contributed by atoms with Crippen molar-refractivity contribution in [2.45, 2.75) is 6.92 Å². The molecule has 0 N–H and O–H groups in total. The molecule has 2 aromatic carbocycles. The van der Waals surface area contributed by atoms with Crippen LogP contribution in [0.3, 0.4) is 0 Å². The van der Waals surface area contributed by atoms with Gasteiger partial charge in [0.1, 0.15) is 5.52 Å². The number of rotatable bonds is 2. The lowest BCUT2D eigenvalue weighted by Crippen LogP contribution is -1.92. The van der Waals surface area contributed by atoms with E-state index in [2.05, 4.69) is 4.98 Å². The van der Waals surface area contributed by atoms with Gasteiger partial charge in [-0.1, -0.05) is 18.2 Å². The van der Waals surface area contributed by atoms with Gasteiger partial charge in [-0.3, -0.25) is 0 Å². The Balaban J connectivity index is 2.06. The van der Waals surface area contributed by atoms with Gasteiger partial charge in [-0.15, -0.1) is 0 Å². The van der Waals surface area contributed by atoms with E-state index in [9.17, 15) is 4.39 Å². The minimum atomic E-state index is -0.571. The molecule has 0 unspecified atom stereocenters. The molecule has 0 spiro atoms. The molecule has 0 fully saturated rings. The van der Waals surface area contributed by atoms with Crippen molar-refractivity contribution in [1.29, 1.82) is 5.26 Å². The molecule has 0 aliphatic rings. The van der Waals surface area contributed by atoms with Crippen LogP contribution in [0.15, 0.2) is 48.5 Å². The molecule has 1 heterocycles. The van der Waals surface area contributed by atoms with Crippen LogP contribution in [0, 0.1) is 24.1 Å². The zero-order valence-corrected chi connectivity index (χ0v) is 11.3. The lowest BCUT2D eigenvalue weighted by molar-refractivity contribution is 0.445. The molecule has 3 rings (SSSR count). The van der Waals surface area contributed by atoms with Crippen LogP contribution in [0.25, 0.3) is 10.9 Å². The zero-order valence-electron chi connectivity index (χ0n) is 11.3. The minimum Gasteiger partial charge on any atom is -0.452 e. The SMILES string of the molecule is Cc1ccc2cccc(Oc3ccc(C#N)cc3F)c2n1. The number of hydrogen-bond acceptors (Lipinski definition) is 3. The summed E-state index contributed by atoms with van der Waals surface area (Å²) < 4.78 is 19.5. The van der Waals surface area contributed by atoms with E-state index in [4.69, 9.17) is 10.00 Å². The second-order valence-electron chi connectivity index (χ2n) is 4.64. The lowest BCUT2D eigenvalue weighted by atomic mass is 10.2. The average Bonchev–Trinajstić information content (AvgIpc) is 2.49. The van der Waals surface area contributed by atoms with Crippen molar-refractivity contribution in [1.82, 2.24) is 4.98 Å². The Morgan fingerprint density at radius 2 is 1.95 bits per heavy atom. The van der Waals surface area contributed by atoms with Gasteiger partial charge in [0.25, 0.3) is 0 Å². The Bertz CT molecular complexity index is 868. The molecule has 3 aromatic rings. The standard InChI is InChI=1S/C17H11FN2O/c1-11-5-7-13-3-2-4-16(17(13)20-11)21-15-8-6-12(10-19)9-14(15)18/h2-9H,1H3. The predicted octanol–water partition coefficient (Wildman–Crippen LogP) is 4.35. The number of pyridine rings is 1. The number of para-hydroxylation sites is 1. The Kier molecular flexibility index (Phi) is 3.25. The first-order chi connectivity index (χ1) is 10.2. The number of hydrogen-bond donors (Lipinski definition) is 0. The second-order valence-corrected chi connectivity index (χ2v) is 4.64. The van der Waals surface area contributed by atoms with Gasteiger partial charge in [0.2, 0.25) is 0 Å². The molecule has 0 bridgehead atoms. The van der Waals surface area contributed by atoms with E-state index in [1.807, 2.05) is 37.3 Å². The Labute approximate surface area is 121 Å². The van der Waals surface area contributed by atoms with Gasteiger partial charge < -0.3 is 4.74 Å². The van der Waals surface area contributed by atoms with E-state index >= 15 is 0 Å². The van der Waals surface area contributed by atoms with E-state index in [-0.39, 0.29) is 11.3 Å². The van der Waals surface area contributed by atoms with E-state index in [1.54, 1.807) is 6.07 Å². The lowest BCUT2D eigenvalue weighted by Gasteiger charge is -2.09. The van der Waals surface area contributed by atoms with Gasteiger partial charge in [-0.05, 0) is 37.3 Å². The molecule has 3 nitrogen and oxygen atoms in total. The molecule has 1 aromatic heterocycles. The molecular formula is C17H11FN2O. The molecule has 102 valence electrons. The number of halogens is 1. The van der Waals surface area contributed by atoms with Gasteiger partial charge >= 0.3 is 0 Å². The average molecular weight is 278 g/mol. The molecule has 0 amide bonds.